The maximum atomic E-state index is 13.9. The highest BCUT2D eigenvalue weighted by Crippen LogP contribution is 2.22. The fourth-order valence-corrected chi connectivity index (χ4v) is 2.10. The third-order valence-corrected chi connectivity index (χ3v) is 3.23. The van der Waals surface area contributed by atoms with E-state index in [1.54, 1.807) is 13.0 Å². The zero-order chi connectivity index (χ0) is 14.8. The standard InChI is InChI=1S/C16H15FN2O2/c1-11(20)12-5-6-15(14(17)8-12)21-10-13-9-19-7-3-2-4-16(19)18-13/h2-9,11,20H,10H2,1H3. The molecule has 3 rings (SSSR count). The van der Waals surface area contributed by atoms with Crippen molar-refractivity contribution in [3.05, 3.63) is 65.9 Å². The Bertz CT molecular complexity index is 735. The third-order valence-electron chi connectivity index (χ3n) is 3.23. The van der Waals surface area contributed by atoms with E-state index >= 15 is 0 Å². The monoisotopic (exact) mass is 286 g/mol. The molecule has 0 aliphatic rings. The number of benzene rings is 1. The van der Waals surface area contributed by atoms with Crippen LogP contribution in [0.5, 0.6) is 5.75 Å². The van der Waals surface area contributed by atoms with Gasteiger partial charge in [-0.2, -0.15) is 0 Å². The summed E-state index contributed by atoms with van der Waals surface area (Å²) in [5, 5.41) is 9.41. The Morgan fingerprint density at radius 2 is 2.19 bits per heavy atom. The van der Waals surface area contributed by atoms with Gasteiger partial charge in [0.15, 0.2) is 11.6 Å². The molecule has 2 aromatic heterocycles. The maximum absolute atomic E-state index is 13.9. The van der Waals surface area contributed by atoms with E-state index in [-0.39, 0.29) is 12.4 Å². The summed E-state index contributed by atoms with van der Waals surface area (Å²) in [6, 6.07) is 10.2. The number of aromatic nitrogens is 2. The summed E-state index contributed by atoms with van der Waals surface area (Å²) >= 11 is 0. The molecule has 4 nitrogen and oxygen atoms in total. The van der Waals surface area contributed by atoms with Crippen LogP contribution in [-0.4, -0.2) is 14.5 Å². The Kier molecular flexibility index (Phi) is 3.58. The number of fused-ring (bicyclic) bond motifs is 1. The second-order valence-corrected chi connectivity index (χ2v) is 4.85. The number of nitrogens with zero attached hydrogens (tertiary/aromatic N) is 2. The summed E-state index contributed by atoms with van der Waals surface area (Å²) in [5.41, 5.74) is 2.06. The van der Waals surface area contributed by atoms with Crippen LogP contribution in [0.15, 0.2) is 48.8 Å². The van der Waals surface area contributed by atoms with E-state index in [4.69, 9.17) is 4.74 Å². The Morgan fingerprint density at radius 1 is 1.33 bits per heavy atom. The summed E-state index contributed by atoms with van der Waals surface area (Å²) in [6.45, 7) is 1.78. The first kappa shape index (κ1) is 13.6. The summed E-state index contributed by atoms with van der Waals surface area (Å²) in [4.78, 5) is 4.38. The fourth-order valence-electron chi connectivity index (χ4n) is 2.10. The smallest absolute Gasteiger partial charge is 0.165 e. The van der Waals surface area contributed by atoms with Crippen LogP contribution in [-0.2, 0) is 6.61 Å². The average Bonchev–Trinajstić information content (AvgIpc) is 2.88. The molecule has 2 heterocycles. The Hall–Kier alpha value is -2.40. The van der Waals surface area contributed by atoms with Crippen molar-refractivity contribution in [3.63, 3.8) is 0 Å². The van der Waals surface area contributed by atoms with E-state index in [1.165, 1.54) is 12.1 Å². The molecule has 5 heteroatoms. The molecule has 1 N–H and O–H groups in total. The highest BCUT2D eigenvalue weighted by molar-refractivity contribution is 5.39. The normalized spacial score (nSPS) is 12.5. The molecule has 1 atom stereocenters. The minimum Gasteiger partial charge on any atom is -0.484 e. The molecule has 0 aliphatic heterocycles. The highest BCUT2D eigenvalue weighted by Gasteiger charge is 2.09. The number of rotatable bonds is 4. The van der Waals surface area contributed by atoms with E-state index in [0.717, 1.165) is 11.3 Å². The lowest BCUT2D eigenvalue weighted by molar-refractivity contribution is 0.198. The van der Waals surface area contributed by atoms with Crippen molar-refractivity contribution in [1.29, 1.82) is 0 Å². The first-order chi connectivity index (χ1) is 10.1. The van der Waals surface area contributed by atoms with Crippen molar-refractivity contribution in [2.24, 2.45) is 0 Å². The van der Waals surface area contributed by atoms with Crippen LogP contribution in [0.1, 0.15) is 24.3 Å². The number of hydrogen-bond acceptors (Lipinski definition) is 3. The number of aliphatic hydroxyl groups excluding tert-OH is 1. The number of hydrogen-bond donors (Lipinski definition) is 1. The van der Waals surface area contributed by atoms with Crippen molar-refractivity contribution < 1.29 is 14.2 Å². The lowest BCUT2D eigenvalue weighted by Gasteiger charge is -2.09. The van der Waals surface area contributed by atoms with E-state index in [1.807, 2.05) is 35.0 Å². The summed E-state index contributed by atoms with van der Waals surface area (Å²) in [6.07, 6.45) is 3.04. The first-order valence-electron chi connectivity index (χ1n) is 6.66. The van der Waals surface area contributed by atoms with Gasteiger partial charge in [-0.05, 0) is 36.8 Å². The fraction of sp³-hybridized carbons (Fsp3) is 0.188. The SMILES string of the molecule is CC(O)c1ccc(OCc2cn3ccccc3n2)c(F)c1. The molecule has 108 valence electrons. The molecule has 0 radical (unpaired) electrons. The molecule has 21 heavy (non-hydrogen) atoms. The topological polar surface area (TPSA) is 46.8 Å². The van der Waals surface area contributed by atoms with Crippen molar-refractivity contribution in [1.82, 2.24) is 9.38 Å². The molecule has 0 aliphatic carbocycles. The van der Waals surface area contributed by atoms with Gasteiger partial charge >= 0.3 is 0 Å². The van der Waals surface area contributed by atoms with Crippen molar-refractivity contribution in [2.45, 2.75) is 19.6 Å². The van der Waals surface area contributed by atoms with Crippen LogP contribution in [0, 0.1) is 5.82 Å². The maximum Gasteiger partial charge on any atom is 0.165 e. The van der Waals surface area contributed by atoms with Crippen LogP contribution in [0.2, 0.25) is 0 Å². The molecule has 0 spiro atoms. The second kappa shape index (κ2) is 5.54. The summed E-state index contributed by atoms with van der Waals surface area (Å²) in [7, 11) is 0. The van der Waals surface area contributed by atoms with Gasteiger partial charge in [0.2, 0.25) is 0 Å². The van der Waals surface area contributed by atoms with Crippen molar-refractivity contribution >= 4 is 5.65 Å². The molecular weight excluding hydrogens is 271 g/mol. The molecular formula is C16H15FN2O2. The number of aliphatic hydroxyl groups is 1. The summed E-state index contributed by atoms with van der Waals surface area (Å²) in [5.74, 6) is -0.339. The van der Waals surface area contributed by atoms with Gasteiger partial charge in [0, 0.05) is 12.4 Å². The first-order valence-corrected chi connectivity index (χ1v) is 6.66. The van der Waals surface area contributed by atoms with Crippen molar-refractivity contribution in [2.75, 3.05) is 0 Å². The molecule has 0 saturated heterocycles. The van der Waals surface area contributed by atoms with E-state index in [2.05, 4.69) is 4.98 Å². The number of pyridine rings is 1. The minimum atomic E-state index is -0.702. The molecule has 0 bridgehead atoms. The van der Waals surface area contributed by atoms with E-state index in [9.17, 15) is 9.50 Å². The van der Waals surface area contributed by atoms with Crippen molar-refractivity contribution in [3.8, 4) is 5.75 Å². The number of imidazole rings is 1. The zero-order valence-corrected chi connectivity index (χ0v) is 11.5. The lowest BCUT2D eigenvalue weighted by atomic mass is 10.1. The second-order valence-electron chi connectivity index (χ2n) is 4.85. The predicted octanol–water partition coefficient (Wildman–Crippen LogP) is 3.11. The van der Waals surface area contributed by atoms with Gasteiger partial charge < -0.3 is 14.2 Å². The van der Waals surface area contributed by atoms with Crippen LogP contribution >= 0.6 is 0 Å². The average molecular weight is 286 g/mol. The highest BCUT2D eigenvalue weighted by atomic mass is 19.1. The minimum absolute atomic E-state index is 0.149. The van der Waals surface area contributed by atoms with Gasteiger partial charge in [-0.25, -0.2) is 9.37 Å². The Labute approximate surface area is 121 Å². The van der Waals surface area contributed by atoms with Crippen LogP contribution in [0.4, 0.5) is 4.39 Å². The molecule has 0 amide bonds. The van der Waals surface area contributed by atoms with Crippen LogP contribution in [0.3, 0.4) is 0 Å². The zero-order valence-electron chi connectivity index (χ0n) is 11.5. The number of halogens is 1. The molecule has 1 unspecified atom stereocenters. The molecule has 3 aromatic rings. The van der Waals surface area contributed by atoms with Gasteiger partial charge in [0.1, 0.15) is 12.3 Å². The van der Waals surface area contributed by atoms with Gasteiger partial charge in [0.25, 0.3) is 0 Å². The van der Waals surface area contributed by atoms with E-state index in [0.29, 0.717) is 5.56 Å². The summed E-state index contributed by atoms with van der Waals surface area (Å²) < 4.78 is 21.2. The Balaban J connectivity index is 1.75. The van der Waals surface area contributed by atoms with Gasteiger partial charge in [0.05, 0.1) is 11.8 Å². The molecule has 1 aromatic carbocycles. The third kappa shape index (κ3) is 2.87. The largest absolute Gasteiger partial charge is 0.484 e. The van der Waals surface area contributed by atoms with Gasteiger partial charge in [-0.15, -0.1) is 0 Å². The van der Waals surface area contributed by atoms with Crippen LogP contribution in [0.25, 0.3) is 5.65 Å². The molecule has 0 saturated carbocycles. The van der Waals surface area contributed by atoms with Gasteiger partial charge in [-0.1, -0.05) is 12.1 Å². The molecule has 0 fully saturated rings. The predicted molar refractivity (Wildman–Crippen MR) is 76.6 cm³/mol. The number of ether oxygens (including phenoxy) is 1. The van der Waals surface area contributed by atoms with E-state index < -0.39 is 11.9 Å². The Morgan fingerprint density at radius 3 is 2.90 bits per heavy atom. The van der Waals surface area contributed by atoms with Gasteiger partial charge in [-0.3, -0.25) is 0 Å². The quantitative estimate of drug-likeness (QED) is 0.801. The van der Waals surface area contributed by atoms with Crippen LogP contribution < -0.4 is 4.74 Å². The lowest BCUT2D eigenvalue weighted by Crippen LogP contribution is -1.99.